The minimum atomic E-state index is 0.558. The molecular weight excluding hydrogens is 232 g/mol. The molecule has 3 rings (SSSR count). The Morgan fingerprint density at radius 2 is 1.82 bits per heavy atom. The summed E-state index contributed by atoms with van der Waals surface area (Å²) < 4.78 is 0. The van der Waals surface area contributed by atoms with Crippen LogP contribution in [0.2, 0.25) is 5.02 Å². The number of nitrogens with zero attached hydrogens (tertiary/aromatic N) is 2. The molecule has 2 atom stereocenters. The van der Waals surface area contributed by atoms with Crippen LogP contribution >= 0.6 is 11.6 Å². The first-order chi connectivity index (χ1) is 8.34. The molecule has 88 valence electrons. The van der Waals surface area contributed by atoms with Gasteiger partial charge in [-0.3, -0.25) is 0 Å². The monoisotopic (exact) mass is 246 g/mol. The Bertz CT molecular complexity index is 462. The summed E-state index contributed by atoms with van der Waals surface area (Å²) in [5.41, 5.74) is 2.32. The Morgan fingerprint density at radius 1 is 1.06 bits per heavy atom. The van der Waals surface area contributed by atoms with Crippen molar-refractivity contribution in [3.63, 3.8) is 0 Å². The lowest BCUT2D eigenvalue weighted by molar-refractivity contribution is 0.376. The van der Waals surface area contributed by atoms with E-state index in [0.29, 0.717) is 11.8 Å². The summed E-state index contributed by atoms with van der Waals surface area (Å²) in [5.74, 6) is 1.15. The number of rotatable bonds is 1. The summed E-state index contributed by atoms with van der Waals surface area (Å²) in [5, 5.41) is 9.30. The number of halogens is 1. The molecule has 1 aliphatic carbocycles. The van der Waals surface area contributed by atoms with E-state index in [0.717, 1.165) is 10.7 Å². The quantitative estimate of drug-likeness (QED) is 0.717. The first kappa shape index (κ1) is 11.0. The molecule has 0 N–H and O–H groups in total. The van der Waals surface area contributed by atoms with E-state index >= 15 is 0 Å². The maximum Gasteiger partial charge on any atom is 0.0739 e. The van der Waals surface area contributed by atoms with Gasteiger partial charge in [0.05, 0.1) is 5.71 Å². The first-order valence-electron chi connectivity index (χ1n) is 6.21. The maximum atomic E-state index is 5.92. The van der Waals surface area contributed by atoms with E-state index in [1.54, 1.807) is 0 Å². The summed E-state index contributed by atoms with van der Waals surface area (Å²) in [6.07, 6.45) is 7.14. The van der Waals surface area contributed by atoms with Crippen molar-refractivity contribution in [1.29, 1.82) is 0 Å². The highest BCUT2D eigenvalue weighted by Crippen LogP contribution is 2.34. The van der Waals surface area contributed by atoms with E-state index in [-0.39, 0.29) is 0 Å². The summed E-state index contributed by atoms with van der Waals surface area (Å²) in [7, 11) is 0. The average Bonchev–Trinajstić information content (AvgIpc) is 2.39. The predicted molar refractivity (Wildman–Crippen MR) is 71.9 cm³/mol. The second kappa shape index (κ2) is 4.61. The fraction of sp³-hybridized carbons (Fsp3) is 0.429. The van der Waals surface area contributed by atoms with Crippen LogP contribution in [0.25, 0.3) is 0 Å². The van der Waals surface area contributed by atoms with E-state index in [1.807, 2.05) is 30.5 Å². The first-order valence-corrected chi connectivity index (χ1v) is 6.59. The van der Waals surface area contributed by atoms with Crippen LogP contribution < -0.4 is 0 Å². The van der Waals surface area contributed by atoms with E-state index in [9.17, 15) is 0 Å². The molecule has 1 aliphatic heterocycles. The summed E-state index contributed by atoms with van der Waals surface area (Å²) in [6, 6.07) is 7.95. The standard InChI is InChI=1S/C14H15ClN2/c15-12-7-5-10(6-8-12)14-13-4-2-1-3-11(13)9-16-17-14/h5-9,11,13H,1-4H2/t11-,13-/m0/s1. The SMILES string of the molecule is Clc1ccc(C2=NN=C[C@@H]3CCCC[C@H]23)cc1. The zero-order valence-corrected chi connectivity index (χ0v) is 10.4. The van der Waals surface area contributed by atoms with Crippen molar-refractivity contribution in [3.8, 4) is 0 Å². The van der Waals surface area contributed by atoms with Crippen LogP contribution in [0.1, 0.15) is 31.2 Å². The number of benzene rings is 1. The molecule has 0 amide bonds. The Kier molecular flexibility index (Phi) is 2.98. The van der Waals surface area contributed by atoms with Crippen LogP contribution in [0.3, 0.4) is 0 Å². The van der Waals surface area contributed by atoms with Gasteiger partial charge in [-0.15, -0.1) is 0 Å². The fourth-order valence-electron chi connectivity index (χ4n) is 2.83. The Balaban J connectivity index is 1.93. The Morgan fingerprint density at radius 3 is 2.65 bits per heavy atom. The minimum absolute atomic E-state index is 0.558. The van der Waals surface area contributed by atoms with Crippen molar-refractivity contribution in [1.82, 2.24) is 0 Å². The molecule has 1 aromatic rings. The van der Waals surface area contributed by atoms with Gasteiger partial charge in [0.1, 0.15) is 0 Å². The van der Waals surface area contributed by atoms with E-state index in [2.05, 4.69) is 10.2 Å². The molecule has 2 aliphatic rings. The topological polar surface area (TPSA) is 24.7 Å². The molecule has 0 radical (unpaired) electrons. The summed E-state index contributed by atoms with van der Waals surface area (Å²) in [4.78, 5) is 0. The molecule has 2 nitrogen and oxygen atoms in total. The van der Waals surface area contributed by atoms with E-state index < -0.39 is 0 Å². The molecule has 1 heterocycles. The van der Waals surface area contributed by atoms with Gasteiger partial charge in [-0.25, -0.2) is 0 Å². The molecule has 1 saturated carbocycles. The van der Waals surface area contributed by atoms with Gasteiger partial charge in [-0.05, 0) is 30.5 Å². The zero-order valence-electron chi connectivity index (χ0n) is 9.64. The summed E-state index contributed by atoms with van der Waals surface area (Å²) >= 11 is 5.92. The highest BCUT2D eigenvalue weighted by molar-refractivity contribution is 6.30. The molecule has 3 heteroatoms. The third-order valence-electron chi connectivity index (χ3n) is 3.73. The van der Waals surface area contributed by atoms with Crippen molar-refractivity contribution >= 4 is 23.5 Å². The third kappa shape index (κ3) is 2.14. The van der Waals surface area contributed by atoms with Crippen molar-refractivity contribution in [3.05, 3.63) is 34.9 Å². The highest BCUT2D eigenvalue weighted by Gasteiger charge is 2.30. The van der Waals surface area contributed by atoms with Crippen LogP contribution in [0.4, 0.5) is 0 Å². The average molecular weight is 247 g/mol. The molecule has 0 aromatic heterocycles. The van der Waals surface area contributed by atoms with Crippen molar-refractivity contribution in [2.24, 2.45) is 22.0 Å². The number of fused-ring (bicyclic) bond motifs is 1. The third-order valence-corrected chi connectivity index (χ3v) is 3.99. The van der Waals surface area contributed by atoms with Crippen LogP contribution in [-0.2, 0) is 0 Å². The van der Waals surface area contributed by atoms with Crippen LogP contribution in [0, 0.1) is 11.8 Å². The maximum absolute atomic E-state index is 5.92. The smallest absolute Gasteiger partial charge is 0.0739 e. The van der Waals surface area contributed by atoms with Gasteiger partial charge in [0.25, 0.3) is 0 Å². The lowest BCUT2D eigenvalue weighted by Gasteiger charge is -2.31. The van der Waals surface area contributed by atoms with Gasteiger partial charge in [-0.2, -0.15) is 10.2 Å². The van der Waals surface area contributed by atoms with E-state index in [1.165, 1.54) is 31.2 Å². The lowest BCUT2D eigenvalue weighted by atomic mass is 9.75. The zero-order chi connectivity index (χ0) is 11.7. The summed E-state index contributed by atoms with van der Waals surface area (Å²) in [6.45, 7) is 0. The Hall–Kier alpha value is -1.15. The van der Waals surface area contributed by atoms with Crippen molar-refractivity contribution < 1.29 is 0 Å². The molecule has 0 spiro atoms. The van der Waals surface area contributed by atoms with Gasteiger partial charge >= 0.3 is 0 Å². The van der Waals surface area contributed by atoms with E-state index in [4.69, 9.17) is 11.6 Å². The molecule has 0 saturated heterocycles. The van der Waals surface area contributed by atoms with Crippen molar-refractivity contribution in [2.75, 3.05) is 0 Å². The largest absolute Gasteiger partial charge is 0.163 e. The molecule has 0 unspecified atom stereocenters. The number of hydrogen-bond donors (Lipinski definition) is 0. The fourth-order valence-corrected chi connectivity index (χ4v) is 2.95. The normalized spacial score (nSPS) is 27.5. The predicted octanol–water partition coefficient (Wildman–Crippen LogP) is 3.93. The molecule has 1 fully saturated rings. The van der Waals surface area contributed by atoms with Crippen LogP contribution in [0.5, 0.6) is 0 Å². The van der Waals surface area contributed by atoms with Gasteiger partial charge < -0.3 is 0 Å². The van der Waals surface area contributed by atoms with Crippen LogP contribution in [-0.4, -0.2) is 11.9 Å². The molecule has 17 heavy (non-hydrogen) atoms. The molecular formula is C14H15ClN2. The molecule has 1 aromatic carbocycles. The van der Waals surface area contributed by atoms with Gasteiger partial charge in [-0.1, -0.05) is 36.6 Å². The highest BCUT2D eigenvalue weighted by atomic mass is 35.5. The number of hydrogen-bond acceptors (Lipinski definition) is 2. The Labute approximate surface area is 106 Å². The lowest BCUT2D eigenvalue weighted by Crippen LogP contribution is -2.30. The van der Waals surface area contributed by atoms with Crippen molar-refractivity contribution in [2.45, 2.75) is 25.7 Å². The second-order valence-electron chi connectivity index (χ2n) is 4.81. The van der Waals surface area contributed by atoms with Gasteiger partial charge in [0, 0.05) is 23.1 Å². The van der Waals surface area contributed by atoms with Crippen LogP contribution in [0.15, 0.2) is 34.5 Å². The van der Waals surface area contributed by atoms with Gasteiger partial charge in [0.2, 0.25) is 0 Å². The second-order valence-corrected chi connectivity index (χ2v) is 5.25. The molecule has 0 bridgehead atoms. The van der Waals surface area contributed by atoms with Gasteiger partial charge in [0.15, 0.2) is 0 Å². The minimum Gasteiger partial charge on any atom is -0.163 e.